The molecule has 3 aliphatic rings. The van der Waals surface area contributed by atoms with Crippen LogP contribution in [-0.4, -0.2) is 60.5 Å². The number of amides is 3. The second kappa shape index (κ2) is 8.31. The predicted octanol–water partition coefficient (Wildman–Crippen LogP) is 1.85. The van der Waals surface area contributed by atoms with E-state index < -0.39 is 0 Å². The zero-order valence-electron chi connectivity index (χ0n) is 16.7. The Bertz CT molecular complexity index is 796. The Morgan fingerprint density at radius 2 is 1.52 bits per heavy atom. The fourth-order valence-electron chi connectivity index (χ4n) is 4.28. The predicted molar refractivity (Wildman–Crippen MR) is 105 cm³/mol. The number of piperidine rings is 2. The summed E-state index contributed by atoms with van der Waals surface area (Å²) < 4.78 is 10.6. The van der Waals surface area contributed by atoms with E-state index in [-0.39, 0.29) is 36.4 Å². The van der Waals surface area contributed by atoms with Crippen molar-refractivity contribution in [3.05, 3.63) is 18.2 Å². The highest BCUT2D eigenvalue weighted by Gasteiger charge is 2.33. The molecule has 2 saturated heterocycles. The summed E-state index contributed by atoms with van der Waals surface area (Å²) in [6, 6.07) is 5.36. The van der Waals surface area contributed by atoms with Crippen molar-refractivity contribution in [2.45, 2.75) is 32.6 Å². The molecule has 0 bridgehead atoms. The third-order valence-electron chi connectivity index (χ3n) is 6.11. The zero-order valence-corrected chi connectivity index (χ0v) is 16.7. The lowest BCUT2D eigenvalue weighted by Crippen LogP contribution is -2.47. The summed E-state index contributed by atoms with van der Waals surface area (Å²) in [7, 11) is 0. The van der Waals surface area contributed by atoms with Gasteiger partial charge in [-0.15, -0.1) is 0 Å². The average molecular weight is 401 g/mol. The van der Waals surface area contributed by atoms with Crippen molar-refractivity contribution in [2.75, 3.05) is 38.3 Å². The normalized spacial score (nSPS) is 19.9. The number of anilines is 1. The highest BCUT2D eigenvalue weighted by Crippen LogP contribution is 2.34. The van der Waals surface area contributed by atoms with Crippen LogP contribution in [0, 0.1) is 11.8 Å². The molecule has 0 spiro atoms. The standard InChI is InChI=1S/C21H27N3O5/c1-14(25)23-8-6-16(7-9-23)21(27)24-10-4-15(5-11-24)20(26)22-17-2-3-18-19(12-17)29-13-28-18/h2-3,12,15-16H,4-11,13H2,1H3,(H,22,26). The first-order chi connectivity index (χ1) is 14.0. The third-order valence-corrected chi connectivity index (χ3v) is 6.11. The Labute approximate surface area is 170 Å². The van der Waals surface area contributed by atoms with Crippen molar-refractivity contribution >= 4 is 23.4 Å². The molecular weight excluding hydrogens is 374 g/mol. The van der Waals surface area contributed by atoms with Gasteiger partial charge in [0.05, 0.1) is 0 Å². The Morgan fingerprint density at radius 3 is 2.21 bits per heavy atom. The monoisotopic (exact) mass is 401 g/mol. The van der Waals surface area contributed by atoms with E-state index in [1.54, 1.807) is 30.0 Å². The molecule has 8 nitrogen and oxygen atoms in total. The maximum absolute atomic E-state index is 12.8. The second-order valence-electron chi connectivity index (χ2n) is 7.94. The van der Waals surface area contributed by atoms with Crippen molar-refractivity contribution in [1.82, 2.24) is 9.80 Å². The molecule has 4 rings (SSSR count). The number of likely N-dealkylation sites (tertiary alicyclic amines) is 2. The lowest BCUT2D eigenvalue weighted by molar-refractivity contribution is -0.142. The van der Waals surface area contributed by atoms with E-state index in [0.717, 1.165) is 12.8 Å². The van der Waals surface area contributed by atoms with Crippen LogP contribution in [0.3, 0.4) is 0 Å². The molecule has 1 aromatic carbocycles. The van der Waals surface area contributed by atoms with E-state index >= 15 is 0 Å². The van der Waals surface area contributed by atoms with Crippen LogP contribution in [0.25, 0.3) is 0 Å². The van der Waals surface area contributed by atoms with Crippen LogP contribution >= 0.6 is 0 Å². The quantitative estimate of drug-likeness (QED) is 0.835. The van der Waals surface area contributed by atoms with Crippen molar-refractivity contribution in [3.8, 4) is 11.5 Å². The van der Waals surface area contributed by atoms with E-state index in [4.69, 9.17) is 9.47 Å². The summed E-state index contributed by atoms with van der Waals surface area (Å²) in [5.74, 6) is 1.43. The van der Waals surface area contributed by atoms with Crippen LogP contribution in [-0.2, 0) is 14.4 Å². The van der Waals surface area contributed by atoms with Crippen LogP contribution in [0.15, 0.2) is 18.2 Å². The number of carbonyl (C=O) groups excluding carboxylic acids is 3. The van der Waals surface area contributed by atoms with Gasteiger partial charge in [-0.1, -0.05) is 0 Å². The minimum Gasteiger partial charge on any atom is -0.454 e. The molecule has 1 aromatic rings. The number of rotatable bonds is 3. The van der Waals surface area contributed by atoms with Gasteiger partial charge in [-0.05, 0) is 37.8 Å². The SMILES string of the molecule is CC(=O)N1CCC(C(=O)N2CCC(C(=O)Nc3ccc4c(c3)OCO4)CC2)CC1. The zero-order chi connectivity index (χ0) is 20.4. The molecule has 1 N–H and O–H groups in total. The summed E-state index contributed by atoms with van der Waals surface area (Å²) in [5, 5.41) is 2.95. The molecule has 3 heterocycles. The third kappa shape index (κ3) is 4.31. The van der Waals surface area contributed by atoms with Gasteiger partial charge in [-0.2, -0.15) is 0 Å². The van der Waals surface area contributed by atoms with Crippen molar-refractivity contribution in [1.29, 1.82) is 0 Å². The molecule has 0 atom stereocenters. The summed E-state index contributed by atoms with van der Waals surface area (Å²) in [5.41, 5.74) is 0.690. The summed E-state index contributed by atoms with van der Waals surface area (Å²) in [4.78, 5) is 40.6. The molecule has 0 saturated carbocycles. The topological polar surface area (TPSA) is 88.2 Å². The summed E-state index contributed by atoms with van der Waals surface area (Å²) >= 11 is 0. The number of carbonyl (C=O) groups is 3. The van der Waals surface area contributed by atoms with Crippen molar-refractivity contribution in [3.63, 3.8) is 0 Å². The number of nitrogens with zero attached hydrogens (tertiary/aromatic N) is 2. The van der Waals surface area contributed by atoms with E-state index in [1.807, 2.05) is 4.90 Å². The van der Waals surface area contributed by atoms with E-state index in [0.29, 0.717) is 56.2 Å². The van der Waals surface area contributed by atoms with Crippen LogP contribution in [0.4, 0.5) is 5.69 Å². The fraction of sp³-hybridized carbons (Fsp3) is 0.571. The van der Waals surface area contributed by atoms with Gasteiger partial charge in [0.25, 0.3) is 0 Å². The maximum atomic E-state index is 12.8. The molecule has 0 aromatic heterocycles. The number of hydrogen-bond acceptors (Lipinski definition) is 5. The second-order valence-corrected chi connectivity index (χ2v) is 7.94. The highest BCUT2D eigenvalue weighted by molar-refractivity contribution is 5.93. The number of nitrogens with one attached hydrogen (secondary N) is 1. The van der Waals surface area contributed by atoms with E-state index in [2.05, 4.69) is 5.32 Å². The molecule has 0 radical (unpaired) electrons. The van der Waals surface area contributed by atoms with Gasteiger partial charge in [-0.3, -0.25) is 14.4 Å². The Hall–Kier alpha value is -2.77. The Morgan fingerprint density at radius 1 is 0.897 bits per heavy atom. The first kappa shape index (κ1) is 19.5. The van der Waals surface area contributed by atoms with Crippen molar-refractivity contribution in [2.24, 2.45) is 11.8 Å². The molecule has 2 fully saturated rings. The van der Waals surface area contributed by atoms with Crippen LogP contribution in [0.1, 0.15) is 32.6 Å². The van der Waals surface area contributed by atoms with Crippen LogP contribution in [0.5, 0.6) is 11.5 Å². The van der Waals surface area contributed by atoms with Gasteiger partial charge in [0, 0.05) is 56.7 Å². The fourth-order valence-corrected chi connectivity index (χ4v) is 4.28. The lowest BCUT2D eigenvalue weighted by atomic mass is 9.91. The number of hydrogen-bond donors (Lipinski definition) is 1. The molecule has 29 heavy (non-hydrogen) atoms. The first-order valence-corrected chi connectivity index (χ1v) is 10.3. The van der Waals surface area contributed by atoms with Gasteiger partial charge in [0.2, 0.25) is 24.5 Å². The summed E-state index contributed by atoms with van der Waals surface area (Å²) in [6.07, 6.45) is 2.77. The number of benzene rings is 1. The van der Waals surface area contributed by atoms with Gasteiger partial charge in [0.1, 0.15) is 0 Å². The van der Waals surface area contributed by atoms with Crippen LogP contribution < -0.4 is 14.8 Å². The molecule has 156 valence electrons. The Balaban J connectivity index is 1.25. The van der Waals surface area contributed by atoms with Crippen molar-refractivity contribution < 1.29 is 23.9 Å². The number of ether oxygens (including phenoxy) is 2. The van der Waals surface area contributed by atoms with Gasteiger partial charge < -0.3 is 24.6 Å². The molecule has 3 aliphatic heterocycles. The molecule has 3 amide bonds. The number of fused-ring (bicyclic) bond motifs is 1. The largest absolute Gasteiger partial charge is 0.454 e. The molecule has 0 aliphatic carbocycles. The van der Waals surface area contributed by atoms with Gasteiger partial charge in [-0.25, -0.2) is 0 Å². The molecular formula is C21H27N3O5. The smallest absolute Gasteiger partial charge is 0.231 e. The molecule has 0 unspecified atom stereocenters. The van der Waals surface area contributed by atoms with E-state index in [1.165, 1.54) is 0 Å². The van der Waals surface area contributed by atoms with Crippen LogP contribution in [0.2, 0.25) is 0 Å². The Kier molecular flexibility index (Phi) is 5.60. The maximum Gasteiger partial charge on any atom is 0.231 e. The van der Waals surface area contributed by atoms with Gasteiger partial charge >= 0.3 is 0 Å². The summed E-state index contributed by atoms with van der Waals surface area (Å²) in [6.45, 7) is 4.28. The lowest BCUT2D eigenvalue weighted by Gasteiger charge is -2.36. The van der Waals surface area contributed by atoms with Gasteiger partial charge in [0.15, 0.2) is 11.5 Å². The van der Waals surface area contributed by atoms with E-state index in [9.17, 15) is 14.4 Å². The average Bonchev–Trinajstić information content (AvgIpc) is 3.21. The minimum absolute atomic E-state index is 0.00962. The first-order valence-electron chi connectivity index (χ1n) is 10.3. The molecule has 8 heteroatoms. The highest BCUT2D eigenvalue weighted by atomic mass is 16.7. The minimum atomic E-state index is -0.107.